The van der Waals surface area contributed by atoms with Gasteiger partial charge in [-0.3, -0.25) is 10.1 Å². The SMILES string of the molecule is CC(=O)Nc1cc(CCc2cnc(NC(=O)Nc3cc(C4COC4)ccc3F)s2)ccn1. The van der Waals surface area contributed by atoms with Gasteiger partial charge in [-0.05, 0) is 48.2 Å². The van der Waals surface area contributed by atoms with Gasteiger partial charge in [-0.15, -0.1) is 11.3 Å². The smallest absolute Gasteiger partial charge is 0.325 e. The molecule has 166 valence electrons. The van der Waals surface area contributed by atoms with Crippen LogP contribution in [0.15, 0.2) is 42.7 Å². The second-order valence-corrected chi connectivity index (χ2v) is 8.53. The van der Waals surface area contributed by atoms with Crippen LogP contribution in [0.4, 0.5) is 25.8 Å². The van der Waals surface area contributed by atoms with E-state index in [0.717, 1.165) is 22.4 Å². The maximum absolute atomic E-state index is 14.1. The molecule has 1 aliphatic rings. The number of rotatable bonds is 7. The van der Waals surface area contributed by atoms with Gasteiger partial charge in [-0.25, -0.2) is 19.2 Å². The van der Waals surface area contributed by atoms with Gasteiger partial charge in [0.25, 0.3) is 0 Å². The van der Waals surface area contributed by atoms with Crippen LogP contribution in [-0.4, -0.2) is 35.1 Å². The molecular weight excluding hydrogens is 433 g/mol. The number of nitrogens with one attached hydrogen (secondary N) is 3. The molecule has 0 saturated carbocycles. The Morgan fingerprint density at radius 3 is 2.72 bits per heavy atom. The molecule has 10 heteroatoms. The van der Waals surface area contributed by atoms with Crippen LogP contribution in [-0.2, 0) is 22.4 Å². The van der Waals surface area contributed by atoms with E-state index >= 15 is 0 Å². The van der Waals surface area contributed by atoms with Gasteiger partial charge in [0.15, 0.2) is 5.13 Å². The number of hydrogen-bond acceptors (Lipinski definition) is 6. The quantitative estimate of drug-likeness (QED) is 0.496. The second kappa shape index (κ2) is 9.84. The topological polar surface area (TPSA) is 105 Å². The molecule has 2 aromatic heterocycles. The van der Waals surface area contributed by atoms with Gasteiger partial charge in [-0.2, -0.15) is 0 Å². The third kappa shape index (κ3) is 5.65. The Morgan fingerprint density at radius 2 is 1.97 bits per heavy atom. The van der Waals surface area contributed by atoms with Gasteiger partial charge in [0.1, 0.15) is 11.6 Å². The van der Waals surface area contributed by atoms with Gasteiger partial charge in [0.2, 0.25) is 5.91 Å². The first-order chi connectivity index (χ1) is 15.5. The van der Waals surface area contributed by atoms with Crippen molar-refractivity contribution in [2.75, 3.05) is 29.2 Å². The van der Waals surface area contributed by atoms with Crippen molar-refractivity contribution in [1.29, 1.82) is 0 Å². The molecule has 3 heterocycles. The minimum atomic E-state index is -0.555. The predicted octanol–water partition coefficient (Wildman–Crippen LogP) is 4.18. The van der Waals surface area contributed by atoms with Gasteiger partial charge in [0, 0.05) is 30.1 Å². The number of anilines is 3. The Morgan fingerprint density at radius 1 is 1.12 bits per heavy atom. The van der Waals surface area contributed by atoms with Crippen molar-refractivity contribution in [3.05, 3.63) is 64.5 Å². The first-order valence-electron chi connectivity index (χ1n) is 10.1. The molecule has 4 rings (SSSR count). The third-order valence-corrected chi connectivity index (χ3v) is 5.88. The number of ether oxygens (including phenoxy) is 1. The van der Waals surface area contributed by atoms with E-state index in [0.29, 0.717) is 30.6 Å². The molecule has 1 fully saturated rings. The minimum Gasteiger partial charge on any atom is -0.380 e. The fourth-order valence-corrected chi connectivity index (χ4v) is 4.01. The first kappa shape index (κ1) is 21.8. The van der Waals surface area contributed by atoms with E-state index in [2.05, 4.69) is 25.9 Å². The summed E-state index contributed by atoms with van der Waals surface area (Å²) < 4.78 is 19.3. The van der Waals surface area contributed by atoms with Crippen LogP contribution in [0, 0.1) is 5.82 Å². The number of carbonyl (C=O) groups is 2. The molecular formula is C22H22FN5O3S. The molecule has 3 amide bonds. The molecule has 0 bridgehead atoms. The van der Waals surface area contributed by atoms with Crippen LogP contribution in [0.2, 0.25) is 0 Å². The van der Waals surface area contributed by atoms with E-state index in [1.807, 2.05) is 12.1 Å². The third-order valence-electron chi connectivity index (χ3n) is 4.91. The van der Waals surface area contributed by atoms with Crippen molar-refractivity contribution in [3.8, 4) is 0 Å². The largest absolute Gasteiger partial charge is 0.380 e. The van der Waals surface area contributed by atoms with Crippen LogP contribution in [0.25, 0.3) is 0 Å². The van der Waals surface area contributed by atoms with Crippen molar-refractivity contribution in [2.45, 2.75) is 25.7 Å². The van der Waals surface area contributed by atoms with Crippen LogP contribution < -0.4 is 16.0 Å². The molecule has 3 aromatic rings. The fourth-order valence-electron chi connectivity index (χ4n) is 3.20. The summed E-state index contributed by atoms with van der Waals surface area (Å²) in [4.78, 5) is 32.8. The van der Waals surface area contributed by atoms with Gasteiger partial charge < -0.3 is 15.4 Å². The average Bonchev–Trinajstić information content (AvgIpc) is 3.14. The van der Waals surface area contributed by atoms with E-state index in [1.165, 1.54) is 24.3 Å². The number of pyridine rings is 1. The summed E-state index contributed by atoms with van der Waals surface area (Å²) in [6.45, 7) is 2.64. The lowest BCUT2D eigenvalue weighted by Crippen LogP contribution is -2.25. The van der Waals surface area contributed by atoms with E-state index < -0.39 is 11.8 Å². The van der Waals surface area contributed by atoms with Gasteiger partial charge >= 0.3 is 6.03 Å². The Labute approximate surface area is 188 Å². The number of urea groups is 1. The molecule has 1 saturated heterocycles. The van der Waals surface area contributed by atoms with Crippen LogP contribution in [0.5, 0.6) is 0 Å². The highest BCUT2D eigenvalue weighted by atomic mass is 32.1. The van der Waals surface area contributed by atoms with Crippen LogP contribution in [0.1, 0.15) is 28.8 Å². The number of aryl methyl sites for hydroxylation is 2. The lowest BCUT2D eigenvalue weighted by Gasteiger charge is -2.26. The standard InChI is InChI=1S/C22H22FN5O3S/c1-13(29)26-20-8-14(6-7-24-20)2-4-17-10-25-22(32-17)28-21(30)27-19-9-15(3-5-18(19)23)16-11-31-12-16/h3,5-10,16H,2,4,11-12H2,1H3,(H,24,26,29)(H2,25,27,28,30). The molecule has 32 heavy (non-hydrogen) atoms. The van der Waals surface area contributed by atoms with Gasteiger partial charge in [-0.1, -0.05) is 6.07 Å². The molecule has 1 aliphatic heterocycles. The summed E-state index contributed by atoms with van der Waals surface area (Å²) in [7, 11) is 0. The number of benzene rings is 1. The van der Waals surface area contributed by atoms with Crippen LogP contribution >= 0.6 is 11.3 Å². The first-order valence-corrected chi connectivity index (χ1v) is 10.9. The predicted molar refractivity (Wildman–Crippen MR) is 121 cm³/mol. The number of hydrogen-bond donors (Lipinski definition) is 3. The zero-order chi connectivity index (χ0) is 22.5. The lowest BCUT2D eigenvalue weighted by atomic mass is 9.97. The molecule has 8 nitrogen and oxygen atoms in total. The molecule has 0 atom stereocenters. The minimum absolute atomic E-state index is 0.122. The molecule has 1 aromatic carbocycles. The van der Waals surface area contributed by atoms with E-state index in [9.17, 15) is 14.0 Å². The summed E-state index contributed by atoms with van der Waals surface area (Å²) in [5.41, 5.74) is 2.08. The summed E-state index contributed by atoms with van der Waals surface area (Å²) >= 11 is 1.35. The Balaban J connectivity index is 1.31. The van der Waals surface area contributed by atoms with E-state index in [1.54, 1.807) is 24.5 Å². The number of carbonyl (C=O) groups excluding carboxylic acids is 2. The fraction of sp³-hybridized carbons (Fsp3) is 0.273. The Bertz CT molecular complexity index is 1130. The molecule has 0 unspecified atom stereocenters. The average molecular weight is 456 g/mol. The highest BCUT2D eigenvalue weighted by molar-refractivity contribution is 7.15. The highest BCUT2D eigenvalue weighted by Gasteiger charge is 2.22. The zero-order valence-corrected chi connectivity index (χ0v) is 18.2. The molecule has 3 N–H and O–H groups in total. The van der Waals surface area contributed by atoms with Crippen LogP contribution in [0.3, 0.4) is 0 Å². The van der Waals surface area contributed by atoms with E-state index in [4.69, 9.17) is 4.74 Å². The number of nitrogens with zero attached hydrogens (tertiary/aromatic N) is 2. The monoisotopic (exact) mass is 455 g/mol. The highest BCUT2D eigenvalue weighted by Crippen LogP contribution is 2.28. The van der Waals surface area contributed by atoms with E-state index in [-0.39, 0.29) is 17.5 Å². The normalized spacial score (nSPS) is 13.3. The lowest BCUT2D eigenvalue weighted by molar-refractivity contribution is -0.114. The van der Waals surface area contributed by atoms with Crippen molar-refractivity contribution in [1.82, 2.24) is 9.97 Å². The molecule has 0 radical (unpaired) electrons. The Hall–Kier alpha value is -3.37. The number of thiazole rings is 1. The summed E-state index contributed by atoms with van der Waals surface area (Å²) in [5, 5.41) is 8.29. The summed E-state index contributed by atoms with van der Waals surface area (Å²) in [6.07, 6.45) is 4.79. The number of halogens is 1. The van der Waals surface area contributed by atoms with Crippen molar-refractivity contribution < 1.29 is 18.7 Å². The van der Waals surface area contributed by atoms with Crippen molar-refractivity contribution >= 4 is 39.9 Å². The summed E-state index contributed by atoms with van der Waals surface area (Å²) in [6, 6.07) is 7.85. The van der Waals surface area contributed by atoms with Crippen molar-refractivity contribution in [3.63, 3.8) is 0 Å². The number of aromatic nitrogens is 2. The number of amides is 3. The zero-order valence-electron chi connectivity index (χ0n) is 17.4. The maximum Gasteiger partial charge on any atom is 0.325 e. The van der Waals surface area contributed by atoms with Gasteiger partial charge in [0.05, 0.1) is 18.9 Å². The second-order valence-electron chi connectivity index (χ2n) is 7.42. The molecule has 0 spiro atoms. The van der Waals surface area contributed by atoms with Crippen molar-refractivity contribution in [2.24, 2.45) is 0 Å². The Kier molecular flexibility index (Phi) is 6.72. The molecule has 0 aliphatic carbocycles. The maximum atomic E-state index is 14.1. The summed E-state index contributed by atoms with van der Waals surface area (Å²) in [5.74, 6) is 0.0737.